The van der Waals surface area contributed by atoms with Gasteiger partial charge in [0.05, 0.1) is 0 Å². The van der Waals surface area contributed by atoms with Crippen molar-refractivity contribution in [3.63, 3.8) is 0 Å². The fourth-order valence-electron chi connectivity index (χ4n) is 0.557. The molecular weight excluding hydrogens is 201 g/mol. The van der Waals surface area contributed by atoms with Crippen molar-refractivity contribution >= 4 is 10.4 Å². The summed E-state index contributed by atoms with van der Waals surface area (Å²) in [7, 11) is -4.67. The molecule has 0 aliphatic rings. The van der Waals surface area contributed by atoms with Gasteiger partial charge in [-0.1, -0.05) is 0 Å². The van der Waals surface area contributed by atoms with E-state index in [1.807, 2.05) is 24.3 Å². The molecule has 5 nitrogen and oxygen atoms in total. The average Bonchev–Trinajstić information content (AvgIpc) is 2.03. The van der Waals surface area contributed by atoms with Crippen LogP contribution in [0.5, 0.6) is 0 Å². The van der Waals surface area contributed by atoms with E-state index in [0.29, 0.717) is 6.54 Å². The monoisotopic (exact) mass is 211 g/mol. The van der Waals surface area contributed by atoms with Gasteiger partial charge in [-0.15, -0.1) is 5.56 Å². The van der Waals surface area contributed by atoms with Crippen molar-refractivity contribution in [2.24, 2.45) is 5.73 Å². The largest absolute Gasteiger partial charge is 1.00 e. The summed E-state index contributed by atoms with van der Waals surface area (Å²) in [5.74, 6) is 0. The van der Waals surface area contributed by atoms with Gasteiger partial charge in [0, 0.05) is 0 Å². The molecule has 0 saturated carbocycles. The van der Waals surface area contributed by atoms with Crippen LogP contribution in [0.1, 0.15) is 5.56 Å². The third-order valence-corrected chi connectivity index (χ3v) is 1.02. The Morgan fingerprint density at radius 2 is 1.64 bits per heavy atom. The van der Waals surface area contributed by atoms with Crippen LogP contribution in [0.2, 0.25) is 0 Å². The molecule has 7 heteroatoms. The fourth-order valence-corrected chi connectivity index (χ4v) is 0.557. The second-order valence-corrected chi connectivity index (χ2v) is 2.96. The Morgan fingerprint density at radius 3 is 1.86 bits per heavy atom. The molecule has 0 bridgehead atoms. The van der Waals surface area contributed by atoms with E-state index in [9.17, 15) is 0 Å². The van der Waals surface area contributed by atoms with E-state index in [0.717, 1.165) is 5.56 Å². The second kappa shape index (κ2) is 8.00. The maximum Gasteiger partial charge on any atom is 1.00 e. The zero-order chi connectivity index (χ0) is 10.3. The molecule has 14 heavy (non-hydrogen) atoms. The summed E-state index contributed by atoms with van der Waals surface area (Å²) in [6.45, 7) is 0.620. The molecule has 0 heterocycles. The van der Waals surface area contributed by atoms with Crippen molar-refractivity contribution in [1.29, 1.82) is 0 Å². The molecule has 1 rings (SSSR count). The van der Waals surface area contributed by atoms with E-state index in [-0.39, 0.29) is 18.9 Å². The van der Waals surface area contributed by atoms with Gasteiger partial charge in [-0.05, 0) is 6.54 Å². The third-order valence-electron chi connectivity index (χ3n) is 1.02. The molecule has 0 amide bonds. The normalized spacial score (nSPS) is 9.36. The summed E-state index contributed by atoms with van der Waals surface area (Å²) < 4.78 is 31.6. The molecule has 0 fully saturated rings. The van der Waals surface area contributed by atoms with E-state index >= 15 is 0 Å². The molecule has 0 radical (unpaired) electrons. The van der Waals surface area contributed by atoms with Crippen LogP contribution in [0.25, 0.3) is 0 Å². The maximum atomic E-state index is 8.74. The Morgan fingerprint density at radius 1 is 1.29 bits per heavy atom. The van der Waals surface area contributed by atoms with Crippen molar-refractivity contribution in [3.8, 4) is 0 Å². The van der Waals surface area contributed by atoms with Crippen LogP contribution in [0, 0.1) is 6.07 Å². The summed E-state index contributed by atoms with van der Waals surface area (Å²) in [4.78, 5) is 0. The first kappa shape index (κ1) is 16.1. The number of rotatable bonds is 1. The molecule has 0 aliphatic carbocycles. The van der Waals surface area contributed by atoms with Crippen LogP contribution in [0.3, 0.4) is 0 Å². The van der Waals surface area contributed by atoms with Crippen LogP contribution in [-0.2, 0) is 16.9 Å². The first-order chi connectivity index (χ1) is 5.93. The molecule has 1 aromatic carbocycles. The van der Waals surface area contributed by atoms with Crippen LogP contribution in [0.15, 0.2) is 24.3 Å². The minimum Gasteiger partial charge on any atom is -0.328 e. The van der Waals surface area contributed by atoms with Crippen molar-refractivity contribution in [2.45, 2.75) is 6.54 Å². The first-order valence-corrected chi connectivity index (χ1v) is 4.68. The molecule has 4 N–H and O–H groups in total. The topological polar surface area (TPSA) is 101 Å². The van der Waals surface area contributed by atoms with Gasteiger partial charge in [-0.3, -0.25) is 9.11 Å². The molecular formula is C7H10LiNO4S. The molecule has 74 valence electrons. The van der Waals surface area contributed by atoms with Crippen molar-refractivity contribution in [2.75, 3.05) is 0 Å². The second-order valence-electron chi connectivity index (χ2n) is 2.06. The van der Waals surface area contributed by atoms with E-state index in [2.05, 4.69) is 6.07 Å². The Hall–Kier alpha value is -0.353. The van der Waals surface area contributed by atoms with E-state index in [4.69, 9.17) is 23.3 Å². The molecule has 1 aromatic rings. The minimum atomic E-state index is -4.67. The van der Waals surface area contributed by atoms with Gasteiger partial charge < -0.3 is 5.73 Å². The van der Waals surface area contributed by atoms with Crippen LogP contribution in [-0.4, -0.2) is 17.5 Å². The minimum absolute atomic E-state index is 0. The van der Waals surface area contributed by atoms with Gasteiger partial charge in [-0.2, -0.15) is 38.7 Å². The fraction of sp³-hybridized carbons (Fsp3) is 0.143. The Bertz CT molecular complexity index is 319. The first-order valence-electron chi connectivity index (χ1n) is 3.28. The SMILES string of the molecule is NCc1cc[c-]cc1.O=S(=O)(O)O.[Li+]. The number of nitrogens with two attached hydrogens (primary N) is 1. The Kier molecular flexibility index (Phi) is 9.19. The zero-order valence-corrected chi connectivity index (χ0v) is 8.53. The summed E-state index contributed by atoms with van der Waals surface area (Å²) >= 11 is 0. The van der Waals surface area contributed by atoms with Gasteiger partial charge in [0.25, 0.3) is 0 Å². The molecule has 0 aromatic heterocycles. The average molecular weight is 211 g/mol. The predicted octanol–water partition coefficient (Wildman–Crippen LogP) is -2.70. The Labute approximate surface area is 95.1 Å². The van der Waals surface area contributed by atoms with Crippen molar-refractivity contribution in [3.05, 3.63) is 35.9 Å². The van der Waals surface area contributed by atoms with Gasteiger partial charge >= 0.3 is 29.3 Å². The van der Waals surface area contributed by atoms with Gasteiger partial charge in [0.15, 0.2) is 0 Å². The van der Waals surface area contributed by atoms with Gasteiger partial charge in [-0.25, -0.2) is 0 Å². The van der Waals surface area contributed by atoms with Crippen LogP contribution >= 0.6 is 0 Å². The summed E-state index contributed by atoms with van der Waals surface area (Å²) in [5, 5.41) is 0. The van der Waals surface area contributed by atoms with E-state index < -0.39 is 10.4 Å². The number of hydrogen-bond donors (Lipinski definition) is 3. The molecule has 0 unspecified atom stereocenters. The third kappa shape index (κ3) is 14.2. The van der Waals surface area contributed by atoms with Crippen molar-refractivity contribution < 1.29 is 36.4 Å². The smallest absolute Gasteiger partial charge is 0.328 e. The van der Waals surface area contributed by atoms with E-state index in [1.165, 1.54) is 0 Å². The van der Waals surface area contributed by atoms with Crippen LogP contribution < -0.4 is 24.6 Å². The quantitative estimate of drug-likeness (QED) is 0.266. The zero-order valence-electron chi connectivity index (χ0n) is 7.71. The van der Waals surface area contributed by atoms with E-state index in [1.54, 1.807) is 0 Å². The maximum absolute atomic E-state index is 8.74. The number of hydrogen-bond acceptors (Lipinski definition) is 3. The summed E-state index contributed by atoms with van der Waals surface area (Å²) in [6.07, 6.45) is 0. The van der Waals surface area contributed by atoms with Crippen LogP contribution in [0.4, 0.5) is 0 Å². The van der Waals surface area contributed by atoms with Crippen molar-refractivity contribution in [1.82, 2.24) is 0 Å². The summed E-state index contributed by atoms with van der Waals surface area (Å²) in [5.41, 5.74) is 6.49. The molecule has 0 spiro atoms. The number of benzene rings is 1. The molecule has 0 aliphatic heterocycles. The Balaban J connectivity index is 0. The summed E-state index contributed by atoms with van der Waals surface area (Å²) in [6, 6.07) is 10.6. The molecule has 0 atom stereocenters. The van der Waals surface area contributed by atoms with Gasteiger partial charge in [0.1, 0.15) is 0 Å². The standard InChI is InChI=1S/C7H8N.Li.H2O4S/c8-6-7-4-2-1-3-5-7;;1-5(2,3)4/h2-5H,6,8H2;;(H2,1,2,3,4)/q-1;+1;. The van der Waals surface area contributed by atoms with Gasteiger partial charge in [0.2, 0.25) is 0 Å². The predicted molar refractivity (Wildman–Crippen MR) is 47.3 cm³/mol. The molecule has 0 saturated heterocycles.